The number of H-pyrrole nitrogens is 1. The first-order valence-corrected chi connectivity index (χ1v) is 8.05. The predicted molar refractivity (Wildman–Crippen MR) is 80.8 cm³/mol. The first-order chi connectivity index (χ1) is 11.4. The van der Waals surface area contributed by atoms with Gasteiger partial charge in [-0.15, -0.1) is 5.10 Å². The number of hydrogen-bond donors (Lipinski definition) is 0. The quantitative estimate of drug-likeness (QED) is 0.819. The fraction of sp³-hybridized carbons (Fsp3) is 0.429. The number of piperazine rings is 1. The average Bonchev–Trinajstić information content (AvgIpc) is 3.00. The maximum Gasteiger partial charge on any atom is 0.416 e. The Labute approximate surface area is 140 Å². The minimum absolute atomic E-state index is 0.129. The monoisotopic (exact) mass is 358 g/mol. The van der Waals surface area contributed by atoms with Crippen molar-refractivity contribution in [3.05, 3.63) is 34.5 Å². The molecule has 0 radical (unpaired) electrons. The molecule has 2 aromatic rings. The van der Waals surface area contributed by atoms with Gasteiger partial charge in [0.1, 0.15) is 18.0 Å². The summed E-state index contributed by atoms with van der Waals surface area (Å²) < 4.78 is 42.2. The smallest absolute Gasteiger partial charge is 0.330 e. The number of carbonyl (C=O) groups is 1. The summed E-state index contributed by atoms with van der Waals surface area (Å²) in [4.78, 5) is 19.2. The number of pyridine rings is 1. The number of anilines is 1. The third-order valence-electron chi connectivity index (χ3n) is 3.87. The van der Waals surface area contributed by atoms with Crippen molar-refractivity contribution in [1.82, 2.24) is 14.5 Å². The molecule has 0 spiro atoms. The van der Waals surface area contributed by atoms with Gasteiger partial charge in [0.25, 0.3) is 11.7 Å². The summed E-state index contributed by atoms with van der Waals surface area (Å²) in [7, 11) is 0. The fourth-order valence-corrected chi connectivity index (χ4v) is 3.16. The van der Waals surface area contributed by atoms with Crippen LogP contribution in [0.4, 0.5) is 19.0 Å². The van der Waals surface area contributed by atoms with Crippen molar-refractivity contribution >= 4 is 23.3 Å². The predicted octanol–water partition coefficient (Wildman–Crippen LogP) is 1.64. The summed E-state index contributed by atoms with van der Waals surface area (Å²) in [6.07, 6.45) is -3.10. The molecule has 0 saturated carbocycles. The first kappa shape index (κ1) is 16.6. The Bertz CT molecular complexity index is 740. The summed E-state index contributed by atoms with van der Waals surface area (Å²) in [5, 5.41) is 3.83. The van der Waals surface area contributed by atoms with E-state index in [0.717, 1.165) is 23.7 Å². The van der Waals surface area contributed by atoms with E-state index >= 15 is 0 Å². The molecule has 3 heterocycles. The van der Waals surface area contributed by atoms with Crippen LogP contribution in [0.2, 0.25) is 0 Å². The summed E-state index contributed by atoms with van der Waals surface area (Å²) in [6, 6.07) is 2.09. The second-order valence-electron chi connectivity index (χ2n) is 5.43. The average molecular weight is 358 g/mol. The van der Waals surface area contributed by atoms with Crippen LogP contribution < -0.4 is 9.88 Å². The van der Waals surface area contributed by atoms with Crippen molar-refractivity contribution in [2.75, 3.05) is 31.1 Å². The van der Waals surface area contributed by atoms with Gasteiger partial charge in [-0.05, 0) is 24.5 Å². The van der Waals surface area contributed by atoms with Crippen LogP contribution in [0.15, 0.2) is 18.3 Å². The molecule has 3 rings (SSSR count). The summed E-state index contributed by atoms with van der Waals surface area (Å²) in [5.74, 6) is 0.266. The highest BCUT2D eigenvalue weighted by Gasteiger charge is 2.34. The molecule has 1 aliphatic heterocycles. The lowest BCUT2D eigenvalue weighted by molar-refractivity contribution is -0.365. The second-order valence-corrected chi connectivity index (χ2v) is 6.18. The number of hydrogen-bond acceptors (Lipinski definition) is 5. The zero-order valence-corrected chi connectivity index (χ0v) is 13.6. The normalized spacial score (nSPS) is 15.7. The molecule has 0 aromatic carbocycles. The molecule has 1 saturated heterocycles. The lowest BCUT2D eigenvalue weighted by Crippen LogP contribution is -2.50. The highest BCUT2D eigenvalue weighted by molar-refractivity contribution is 7.07. The molecule has 10 heteroatoms. The van der Waals surface area contributed by atoms with Crippen molar-refractivity contribution in [2.45, 2.75) is 13.1 Å². The number of alkyl halides is 3. The van der Waals surface area contributed by atoms with E-state index in [2.05, 4.69) is 14.6 Å². The number of rotatable bonds is 2. The molecular weight excluding hydrogens is 343 g/mol. The number of aromatic amines is 1. The Hall–Kier alpha value is -2.23. The molecule has 0 unspecified atom stereocenters. The van der Waals surface area contributed by atoms with Crippen molar-refractivity contribution in [3.8, 4) is 0 Å². The van der Waals surface area contributed by atoms with E-state index in [-0.39, 0.29) is 5.91 Å². The van der Waals surface area contributed by atoms with Crippen LogP contribution in [0, 0.1) is 6.92 Å². The van der Waals surface area contributed by atoms with E-state index in [1.165, 1.54) is 6.20 Å². The molecule has 6 nitrogen and oxygen atoms in total. The first-order valence-electron chi connectivity index (χ1n) is 7.28. The van der Waals surface area contributed by atoms with E-state index in [4.69, 9.17) is 0 Å². The fourth-order valence-electron chi connectivity index (χ4n) is 2.53. The topological polar surface area (TPSA) is 63.5 Å². The van der Waals surface area contributed by atoms with Crippen molar-refractivity contribution in [3.63, 3.8) is 0 Å². The van der Waals surface area contributed by atoms with Crippen LogP contribution in [0.25, 0.3) is 0 Å². The molecule has 0 aliphatic carbocycles. The van der Waals surface area contributed by atoms with Gasteiger partial charge < -0.3 is 4.90 Å². The van der Waals surface area contributed by atoms with E-state index in [1.807, 2.05) is 0 Å². The van der Waals surface area contributed by atoms with Gasteiger partial charge in [0, 0.05) is 6.07 Å². The SMILES string of the molecule is Cc1nnsc1C(=O)N1CCN(c2cc(C(F)(F)F)cc[nH+]2)CC1. The van der Waals surface area contributed by atoms with E-state index in [9.17, 15) is 18.0 Å². The van der Waals surface area contributed by atoms with Gasteiger partial charge in [-0.25, -0.2) is 4.98 Å². The lowest BCUT2D eigenvalue weighted by atomic mass is 10.2. The van der Waals surface area contributed by atoms with Crippen LogP contribution in [0.5, 0.6) is 0 Å². The molecule has 1 N–H and O–H groups in total. The molecule has 1 fully saturated rings. The molecule has 1 amide bonds. The van der Waals surface area contributed by atoms with Gasteiger partial charge in [-0.1, -0.05) is 4.49 Å². The highest BCUT2D eigenvalue weighted by Crippen LogP contribution is 2.30. The van der Waals surface area contributed by atoms with Crippen molar-refractivity contribution in [1.29, 1.82) is 0 Å². The van der Waals surface area contributed by atoms with Gasteiger partial charge in [0.2, 0.25) is 0 Å². The Balaban J connectivity index is 1.67. The summed E-state index contributed by atoms with van der Waals surface area (Å²) in [6.45, 7) is 3.49. The Morgan fingerprint density at radius 3 is 2.58 bits per heavy atom. The molecule has 128 valence electrons. The van der Waals surface area contributed by atoms with E-state index < -0.39 is 11.7 Å². The van der Waals surface area contributed by atoms with E-state index in [0.29, 0.717) is 42.6 Å². The largest absolute Gasteiger partial charge is 0.416 e. The van der Waals surface area contributed by atoms with Gasteiger partial charge >= 0.3 is 6.18 Å². The minimum Gasteiger partial charge on any atom is -0.330 e. The van der Waals surface area contributed by atoms with Gasteiger partial charge in [0.15, 0.2) is 0 Å². The molecular formula is C14H15F3N5OS+. The van der Waals surface area contributed by atoms with Crippen LogP contribution in [-0.4, -0.2) is 46.6 Å². The maximum absolute atomic E-state index is 12.8. The highest BCUT2D eigenvalue weighted by atomic mass is 32.1. The molecule has 0 atom stereocenters. The van der Waals surface area contributed by atoms with Crippen LogP contribution >= 0.6 is 11.5 Å². The Morgan fingerprint density at radius 2 is 2.00 bits per heavy atom. The van der Waals surface area contributed by atoms with Gasteiger partial charge in [-0.2, -0.15) is 13.2 Å². The molecule has 0 bridgehead atoms. The maximum atomic E-state index is 12.8. The summed E-state index contributed by atoms with van der Waals surface area (Å²) in [5.41, 5.74) is -0.0974. The number of carbonyl (C=O) groups excluding carboxylic acids is 1. The minimum atomic E-state index is -4.38. The Kier molecular flexibility index (Phi) is 4.39. The van der Waals surface area contributed by atoms with Crippen LogP contribution in [0.3, 0.4) is 0 Å². The molecule has 24 heavy (non-hydrogen) atoms. The molecule has 1 aliphatic rings. The zero-order chi connectivity index (χ0) is 17.3. The number of nitrogens with zero attached hydrogens (tertiary/aromatic N) is 4. The van der Waals surface area contributed by atoms with E-state index in [1.54, 1.807) is 16.7 Å². The van der Waals surface area contributed by atoms with Crippen LogP contribution in [0.1, 0.15) is 20.9 Å². The van der Waals surface area contributed by atoms with Crippen LogP contribution in [-0.2, 0) is 6.18 Å². The van der Waals surface area contributed by atoms with Crippen molar-refractivity contribution in [2.24, 2.45) is 0 Å². The van der Waals surface area contributed by atoms with Gasteiger partial charge in [-0.3, -0.25) is 9.69 Å². The van der Waals surface area contributed by atoms with Crippen molar-refractivity contribution < 1.29 is 22.9 Å². The third-order valence-corrected chi connectivity index (χ3v) is 4.68. The number of nitrogens with one attached hydrogen (secondary N) is 1. The number of halogens is 3. The number of amides is 1. The zero-order valence-electron chi connectivity index (χ0n) is 12.8. The second kappa shape index (κ2) is 6.34. The molecule has 2 aromatic heterocycles. The summed E-state index contributed by atoms with van der Waals surface area (Å²) >= 11 is 1.06. The third kappa shape index (κ3) is 3.32. The number of aryl methyl sites for hydroxylation is 1. The Morgan fingerprint density at radius 1 is 1.29 bits per heavy atom. The number of aromatic nitrogens is 3. The standard InChI is InChI=1S/C14H14F3N5OS/c1-9-12(24-20-19-9)13(23)22-6-4-21(5-7-22)11-8-10(2-3-18-11)14(15,16)17/h2-3,8H,4-7H2,1H3/p+1. The van der Waals surface area contributed by atoms with Gasteiger partial charge in [0.05, 0.1) is 30.5 Å². The lowest BCUT2D eigenvalue weighted by Gasteiger charge is -2.30.